The lowest BCUT2D eigenvalue weighted by molar-refractivity contribution is 0.0939. The standard InChI is InChI=1S/C17H17N3O3/c1-12(15-4-2-3-9-18-15)19-16(21)13-5-7-14(8-6-13)20-10-11-23-17(20)22/h2-9,12H,10-11H2,1H3,(H,19,21)/t12-/m0/s1. The van der Waals surface area contributed by atoms with Gasteiger partial charge in [-0.05, 0) is 43.3 Å². The quantitative estimate of drug-likeness (QED) is 0.942. The Kier molecular flexibility index (Phi) is 4.23. The summed E-state index contributed by atoms with van der Waals surface area (Å²) in [6.45, 7) is 2.80. The highest BCUT2D eigenvalue weighted by Crippen LogP contribution is 2.19. The lowest BCUT2D eigenvalue weighted by atomic mass is 10.1. The fourth-order valence-corrected chi connectivity index (χ4v) is 2.41. The number of hydrogen-bond donors (Lipinski definition) is 1. The minimum atomic E-state index is -0.356. The van der Waals surface area contributed by atoms with Gasteiger partial charge in [0.25, 0.3) is 5.91 Å². The van der Waals surface area contributed by atoms with Crippen LogP contribution in [0.2, 0.25) is 0 Å². The molecule has 1 aliphatic rings. The first-order valence-corrected chi connectivity index (χ1v) is 7.41. The molecule has 1 aromatic heterocycles. The predicted molar refractivity (Wildman–Crippen MR) is 85.3 cm³/mol. The van der Waals surface area contributed by atoms with Gasteiger partial charge in [0.2, 0.25) is 0 Å². The molecule has 1 aromatic carbocycles. The van der Waals surface area contributed by atoms with Gasteiger partial charge < -0.3 is 10.1 Å². The van der Waals surface area contributed by atoms with Crippen LogP contribution in [0.25, 0.3) is 0 Å². The maximum atomic E-state index is 12.3. The summed E-state index contributed by atoms with van der Waals surface area (Å²) in [4.78, 5) is 29.6. The van der Waals surface area contributed by atoms with Crippen LogP contribution in [0, 0.1) is 0 Å². The third-order valence-electron chi connectivity index (χ3n) is 3.68. The molecule has 2 amide bonds. The molecule has 0 radical (unpaired) electrons. The van der Waals surface area contributed by atoms with Crippen molar-refractivity contribution in [2.24, 2.45) is 0 Å². The molecule has 6 nitrogen and oxygen atoms in total. The number of carbonyl (C=O) groups excluding carboxylic acids is 2. The summed E-state index contributed by atoms with van der Waals surface area (Å²) in [7, 11) is 0. The third kappa shape index (κ3) is 3.31. The van der Waals surface area contributed by atoms with E-state index in [0.29, 0.717) is 18.7 Å². The molecule has 0 unspecified atom stereocenters. The fourth-order valence-electron chi connectivity index (χ4n) is 2.41. The Morgan fingerprint density at radius 2 is 2.04 bits per heavy atom. The Hall–Kier alpha value is -2.89. The first-order valence-electron chi connectivity index (χ1n) is 7.41. The van der Waals surface area contributed by atoms with Crippen molar-refractivity contribution < 1.29 is 14.3 Å². The fraction of sp³-hybridized carbons (Fsp3) is 0.235. The van der Waals surface area contributed by atoms with Crippen LogP contribution in [0.4, 0.5) is 10.5 Å². The van der Waals surface area contributed by atoms with Crippen molar-refractivity contribution in [1.29, 1.82) is 0 Å². The largest absolute Gasteiger partial charge is 0.447 e. The number of aromatic nitrogens is 1. The van der Waals surface area contributed by atoms with Gasteiger partial charge in [-0.15, -0.1) is 0 Å². The van der Waals surface area contributed by atoms with Gasteiger partial charge in [-0.1, -0.05) is 6.07 Å². The van der Waals surface area contributed by atoms with Gasteiger partial charge >= 0.3 is 6.09 Å². The van der Waals surface area contributed by atoms with Crippen molar-refractivity contribution in [2.45, 2.75) is 13.0 Å². The third-order valence-corrected chi connectivity index (χ3v) is 3.68. The Balaban J connectivity index is 1.67. The molecule has 0 bridgehead atoms. The average Bonchev–Trinajstić information content (AvgIpc) is 3.02. The van der Waals surface area contributed by atoms with Gasteiger partial charge in [0.05, 0.1) is 18.3 Å². The van der Waals surface area contributed by atoms with Crippen molar-refractivity contribution in [3.05, 3.63) is 59.9 Å². The van der Waals surface area contributed by atoms with E-state index in [-0.39, 0.29) is 18.0 Å². The molecule has 1 fully saturated rings. The zero-order valence-corrected chi connectivity index (χ0v) is 12.7. The van der Waals surface area contributed by atoms with Crippen LogP contribution in [0.3, 0.4) is 0 Å². The normalized spacial score (nSPS) is 15.2. The van der Waals surface area contributed by atoms with Crippen LogP contribution < -0.4 is 10.2 Å². The van der Waals surface area contributed by atoms with Crippen LogP contribution in [0.5, 0.6) is 0 Å². The summed E-state index contributed by atoms with van der Waals surface area (Å²) in [6.07, 6.45) is 1.34. The summed E-state index contributed by atoms with van der Waals surface area (Å²) >= 11 is 0. The molecule has 0 aliphatic carbocycles. The van der Waals surface area contributed by atoms with Crippen LogP contribution in [-0.2, 0) is 4.74 Å². The Labute approximate surface area is 134 Å². The van der Waals surface area contributed by atoms with E-state index in [1.54, 1.807) is 30.5 Å². The number of carbonyl (C=O) groups is 2. The summed E-state index contributed by atoms with van der Waals surface area (Å²) in [5.74, 6) is -0.182. The average molecular weight is 311 g/mol. The SMILES string of the molecule is C[C@H](NC(=O)c1ccc(N2CCOC2=O)cc1)c1ccccn1. The van der Waals surface area contributed by atoms with E-state index in [2.05, 4.69) is 10.3 Å². The number of ether oxygens (including phenoxy) is 1. The molecule has 6 heteroatoms. The van der Waals surface area contributed by atoms with E-state index < -0.39 is 0 Å². The monoisotopic (exact) mass is 311 g/mol. The molecule has 2 aromatic rings. The van der Waals surface area contributed by atoms with Gasteiger partial charge in [0, 0.05) is 17.4 Å². The summed E-state index contributed by atoms with van der Waals surface area (Å²) in [5.41, 5.74) is 2.06. The molecule has 1 aliphatic heterocycles. The summed E-state index contributed by atoms with van der Waals surface area (Å²) in [6, 6.07) is 12.3. The Morgan fingerprint density at radius 1 is 1.26 bits per heavy atom. The lowest BCUT2D eigenvalue weighted by Crippen LogP contribution is -2.27. The molecule has 1 saturated heterocycles. The molecular formula is C17H17N3O3. The highest BCUT2D eigenvalue weighted by molar-refractivity contribution is 5.95. The summed E-state index contributed by atoms with van der Waals surface area (Å²) in [5, 5.41) is 2.90. The minimum Gasteiger partial charge on any atom is -0.447 e. The molecule has 23 heavy (non-hydrogen) atoms. The van der Waals surface area contributed by atoms with E-state index in [9.17, 15) is 9.59 Å². The number of nitrogens with zero attached hydrogens (tertiary/aromatic N) is 2. The minimum absolute atomic E-state index is 0.182. The number of anilines is 1. The number of benzene rings is 1. The maximum absolute atomic E-state index is 12.3. The highest BCUT2D eigenvalue weighted by atomic mass is 16.6. The number of amides is 2. The van der Waals surface area contributed by atoms with Gasteiger partial charge in [0.15, 0.2) is 0 Å². The van der Waals surface area contributed by atoms with Crippen molar-refractivity contribution in [3.63, 3.8) is 0 Å². The predicted octanol–water partition coefficient (Wildman–Crippen LogP) is 2.53. The second kappa shape index (κ2) is 6.48. The van der Waals surface area contributed by atoms with E-state index in [1.807, 2.05) is 25.1 Å². The smallest absolute Gasteiger partial charge is 0.414 e. The van der Waals surface area contributed by atoms with Crippen molar-refractivity contribution in [2.75, 3.05) is 18.1 Å². The van der Waals surface area contributed by atoms with Gasteiger partial charge in [-0.3, -0.25) is 14.7 Å². The molecule has 2 heterocycles. The second-order valence-electron chi connectivity index (χ2n) is 5.26. The van der Waals surface area contributed by atoms with E-state index in [4.69, 9.17) is 4.74 Å². The number of pyridine rings is 1. The second-order valence-corrected chi connectivity index (χ2v) is 5.26. The van der Waals surface area contributed by atoms with Crippen LogP contribution in [-0.4, -0.2) is 30.1 Å². The highest BCUT2D eigenvalue weighted by Gasteiger charge is 2.23. The van der Waals surface area contributed by atoms with Crippen LogP contribution >= 0.6 is 0 Å². The molecule has 118 valence electrons. The van der Waals surface area contributed by atoms with Crippen LogP contribution in [0.1, 0.15) is 29.0 Å². The molecule has 3 rings (SSSR count). The molecule has 1 atom stereocenters. The number of hydrogen-bond acceptors (Lipinski definition) is 4. The number of cyclic esters (lactones) is 1. The first kappa shape index (κ1) is 15.0. The zero-order valence-electron chi connectivity index (χ0n) is 12.7. The van der Waals surface area contributed by atoms with Gasteiger partial charge in [-0.25, -0.2) is 4.79 Å². The first-order chi connectivity index (χ1) is 11.1. The van der Waals surface area contributed by atoms with Crippen molar-refractivity contribution >= 4 is 17.7 Å². The summed E-state index contributed by atoms with van der Waals surface area (Å²) < 4.78 is 4.90. The molecule has 0 saturated carbocycles. The zero-order chi connectivity index (χ0) is 16.2. The van der Waals surface area contributed by atoms with E-state index >= 15 is 0 Å². The van der Waals surface area contributed by atoms with E-state index in [0.717, 1.165) is 11.4 Å². The molecule has 0 spiro atoms. The number of nitrogens with one attached hydrogen (secondary N) is 1. The Morgan fingerprint density at radius 3 is 2.65 bits per heavy atom. The van der Waals surface area contributed by atoms with Gasteiger partial charge in [0.1, 0.15) is 6.61 Å². The van der Waals surface area contributed by atoms with Crippen LogP contribution in [0.15, 0.2) is 48.7 Å². The maximum Gasteiger partial charge on any atom is 0.414 e. The van der Waals surface area contributed by atoms with Gasteiger partial charge in [-0.2, -0.15) is 0 Å². The number of rotatable bonds is 4. The molecule has 1 N–H and O–H groups in total. The molecular weight excluding hydrogens is 294 g/mol. The lowest BCUT2D eigenvalue weighted by Gasteiger charge is -2.15. The van der Waals surface area contributed by atoms with Crippen molar-refractivity contribution in [3.8, 4) is 0 Å². The van der Waals surface area contributed by atoms with E-state index in [1.165, 1.54) is 4.90 Å². The Bertz CT molecular complexity index is 701. The van der Waals surface area contributed by atoms with Crippen molar-refractivity contribution in [1.82, 2.24) is 10.3 Å². The topological polar surface area (TPSA) is 71.5 Å².